The van der Waals surface area contributed by atoms with Gasteiger partial charge in [-0.2, -0.15) is 0 Å². The zero-order valence-corrected chi connectivity index (χ0v) is 17.4. The summed E-state index contributed by atoms with van der Waals surface area (Å²) in [4.78, 5) is 43.1. The van der Waals surface area contributed by atoms with E-state index in [1.165, 1.54) is 31.4 Å². The van der Waals surface area contributed by atoms with Gasteiger partial charge in [-0.25, -0.2) is 14.6 Å². The average Bonchev–Trinajstić information content (AvgIpc) is 3.03. The normalized spacial score (nSPS) is 20.3. The van der Waals surface area contributed by atoms with Crippen LogP contribution in [0, 0.1) is 0 Å². The molecule has 0 unspecified atom stereocenters. The summed E-state index contributed by atoms with van der Waals surface area (Å²) >= 11 is 1.17. The van der Waals surface area contributed by atoms with Crippen LogP contribution in [-0.4, -0.2) is 47.7 Å². The molecule has 0 radical (unpaired) electrons. The van der Waals surface area contributed by atoms with Crippen molar-refractivity contribution >= 4 is 40.5 Å². The van der Waals surface area contributed by atoms with Gasteiger partial charge in [0.1, 0.15) is 0 Å². The second-order valence-corrected chi connectivity index (χ2v) is 7.77. The number of hydrogen-bond donors (Lipinski definition) is 0. The van der Waals surface area contributed by atoms with Crippen LogP contribution in [0.1, 0.15) is 49.4 Å². The largest absolute Gasteiger partial charge is 0.466 e. The number of benzene rings is 1. The first-order valence-electron chi connectivity index (χ1n) is 9.70. The van der Waals surface area contributed by atoms with Gasteiger partial charge in [0.25, 0.3) is 5.91 Å². The molecule has 2 fully saturated rings. The van der Waals surface area contributed by atoms with E-state index in [1.807, 2.05) is 0 Å². The standard InChI is InChI=1S/C21H24N2O5S/c1-3-28-20(26)14-9-11-15(12-10-14)22-21-23(16-7-5-4-6-8-16)19(25)17(29-21)13-18(24)27-2/h9-13,16H,3-8H2,1-2H3/b17-13+,22-21?. The van der Waals surface area contributed by atoms with Crippen molar-refractivity contribution in [1.82, 2.24) is 4.90 Å². The molecule has 0 atom stereocenters. The van der Waals surface area contributed by atoms with Crippen LogP contribution in [0.4, 0.5) is 5.69 Å². The Balaban J connectivity index is 1.89. The van der Waals surface area contributed by atoms with Crippen molar-refractivity contribution in [2.45, 2.75) is 45.1 Å². The number of amides is 1. The summed E-state index contributed by atoms with van der Waals surface area (Å²) in [6.07, 6.45) is 6.35. The van der Waals surface area contributed by atoms with E-state index in [4.69, 9.17) is 4.74 Å². The van der Waals surface area contributed by atoms with Crippen LogP contribution in [0.15, 0.2) is 40.2 Å². The average molecular weight is 416 g/mol. The molecule has 3 rings (SSSR count). The van der Waals surface area contributed by atoms with E-state index in [1.54, 1.807) is 36.1 Å². The van der Waals surface area contributed by atoms with Crippen LogP contribution in [0.25, 0.3) is 0 Å². The topological polar surface area (TPSA) is 85.3 Å². The molecule has 1 aliphatic heterocycles. The second-order valence-electron chi connectivity index (χ2n) is 6.76. The molecule has 8 heteroatoms. The first-order valence-corrected chi connectivity index (χ1v) is 10.5. The highest BCUT2D eigenvalue weighted by atomic mass is 32.2. The Labute approximate surface area is 174 Å². The summed E-state index contributed by atoms with van der Waals surface area (Å²) in [5.41, 5.74) is 1.06. The Hall–Kier alpha value is -2.61. The van der Waals surface area contributed by atoms with Gasteiger partial charge in [-0.1, -0.05) is 19.3 Å². The summed E-state index contributed by atoms with van der Waals surface area (Å²) in [6, 6.07) is 6.80. The molecule has 154 valence electrons. The fourth-order valence-electron chi connectivity index (χ4n) is 3.39. The third-order valence-corrected chi connectivity index (χ3v) is 5.81. The highest BCUT2D eigenvalue weighted by Gasteiger charge is 2.39. The zero-order chi connectivity index (χ0) is 20.8. The van der Waals surface area contributed by atoms with Crippen LogP contribution in [0.3, 0.4) is 0 Å². The van der Waals surface area contributed by atoms with E-state index in [0.29, 0.717) is 27.9 Å². The zero-order valence-electron chi connectivity index (χ0n) is 16.6. The van der Waals surface area contributed by atoms with Gasteiger partial charge in [-0.05, 0) is 55.8 Å². The monoisotopic (exact) mass is 416 g/mol. The molecule has 1 aliphatic carbocycles. The maximum atomic E-state index is 13.0. The Morgan fingerprint density at radius 2 is 1.90 bits per heavy atom. The minimum atomic E-state index is -0.565. The van der Waals surface area contributed by atoms with Gasteiger partial charge in [0.05, 0.1) is 29.9 Å². The van der Waals surface area contributed by atoms with Gasteiger partial charge in [-0.3, -0.25) is 9.69 Å². The lowest BCUT2D eigenvalue weighted by molar-refractivity contribution is -0.135. The minimum absolute atomic E-state index is 0.0739. The number of carbonyl (C=O) groups is 3. The lowest BCUT2D eigenvalue weighted by Gasteiger charge is -2.30. The number of methoxy groups -OCH3 is 1. The molecule has 0 spiro atoms. The molecule has 1 aromatic rings. The number of nitrogens with zero attached hydrogens (tertiary/aromatic N) is 2. The first-order chi connectivity index (χ1) is 14.0. The Morgan fingerprint density at radius 1 is 1.21 bits per heavy atom. The molecule has 7 nitrogen and oxygen atoms in total. The molecule has 29 heavy (non-hydrogen) atoms. The minimum Gasteiger partial charge on any atom is -0.466 e. The van der Waals surface area contributed by atoms with Crippen molar-refractivity contribution in [3.63, 3.8) is 0 Å². The first kappa shape index (κ1) is 21.1. The Bertz CT molecular complexity index is 841. The predicted molar refractivity (Wildman–Crippen MR) is 111 cm³/mol. The highest BCUT2D eigenvalue weighted by Crippen LogP contribution is 2.37. The lowest BCUT2D eigenvalue weighted by atomic mass is 9.94. The van der Waals surface area contributed by atoms with E-state index >= 15 is 0 Å². The summed E-state index contributed by atoms with van der Waals surface area (Å²) in [5.74, 6) is -1.16. The molecule has 0 N–H and O–H groups in total. The molecule has 0 bridgehead atoms. The van der Waals surface area contributed by atoms with E-state index in [0.717, 1.165) is 25.7 Å². The fraction of sp³-hybridized carbons (Fsp3) is 0.429. The molecule has 0 aromatic heterocycles. The molecular formula is C21H24N2O5S. The van der Waals surface area contributed by atoms with Crippen molar-refractivity contribution in [3.8, 4) is 0 Å². The number of hydrogen-bond acceptors (Lipinski definition) is 7. The predicted octanol–water partition coefficient (Wildman–Crippen LogP) is 3.82. The number of ether oxygens (including phenoxy) is 2. The summed E-state index contributed by atoms with van der Waals surface area (Å²) in [5, 5.41) is 0.543. The Kier molecular flexibility index (Phi) is 7.09. The number of esters is 2. The highest BCUT2D eigenvalue weighted by molar-refractivity contribution is 8.18. The molecule has 1 heterocycles. The summed E-state index contributed by atoms with van der Waals surface area (Å²) < 4.78 is 9.66. The molecule has 1 aromatic carbocycles. The molecule has 2 aliphatic rings. The molecule has 1 saturated carbocycles. The smallest absolute Gasteiger partial charge is 0.338 e. The maximum absolute atomic E-state index is 13.0. The molecule has 1 amide bonds. The van der Waals surface area contributed by atoms with Gasteiger partial charge in [0, 0.05) is 12.1 Å². The lowest BCUT2D eigenvalue weighted by Crippen LogP contribution is -2.40. The van der Waals surface area contributed by atoms with Crippen LogP contribution < -0.4 is 0 Å². The maximum Gasteiger partial charge on any atom is 0.338 e. The number of rotatable bonds is 5. The van der Waals surface area contributed by atoms with Crippen molar-refractivity contribution in [2.24, 2.45) is 4.99 Å². The van der Waals surface area contributed by atoms with E-state index < -0.39 is 5.97 Å². The third kappa shape index (κ3) is 5.06. The van der Waals surface area contributed by atoms with Crippen molar-refractivity contribution in [3.05, 3.63) is 40.8 Å². The van der Waals surface area contributed by atoms with Gasteiger partial charge in [0.15, 0.2) is 5.17 Å². The molecular weight excluding hydrogens is 392 g/mol. The van der Waals surface area contributed by atoms with Crippen molar-refractivity contribution in [1.29, 1.82) is 0 Å². The quantitative estimate of drug-likeness (QED) is 0.536. The van der Waals surface area contributed by atoms with Crippen LogP contribution in [-0.2, 0) is 19.1 Å². The van der Waals surface area contributed by atoms with Crippen LogP contribution in [0.5, 0.6) is 0 Å². The number of amidine groups is 1. The number of thioether (sulfide) groups is 1. The number of aliphatic imine (C=N–C) groups is 1. The van der Waals surface area contributed by atoms with Crippen molar-refractivity contribution in [2.75, 3.05) is 13.7 Å². The van der Waals surface area contributed by atoms with E-state index in [2.05, 4.69) is 9.73 Å². The Morgan fingerprint density at radius 3 is 2.52 bits per heavy atom. The number of carbonyl (C=O) groups excluding carboxylic acids is 3. The summed E-state index contributed by atoms with van der Waals surface area (Å²) in [7, 11) is 1.28. The van der Waals surface area contributed by atoms with Crippen molar-refractivity contribution < 1.29 is 23.9 Å². The van der Waals surface area contributed by atoms with E-state index in [9.17, 15) is 14.4 Å². The SMILES string of the molecule is CCOC(=O)c1ccc(N=C2S/C(=C/C(=O)OC)C(=O)N2C2CCCCC2)cc1. The second kappa shape index (κ2) is 9.73. The fourth-order valence-corrected chi connectivity index (χ4v) is 4.41. The van der Waals surface area contributed by atoms with Crippen LogP contribution >= 0.6 is 11.8 Å². The van der Waals surface area contributed by atoms with Gasteiger partial charge in [-0.15, -0.1) is 0 Å². The third-order valence-electron chi connectivity index (χ3n) is 4.83. The van der Waals surface area contributed by atoms with E-state index in [-0.39, 0.29) is 17.9 Å². The molecule has 1 saturated heterocycles. The summed E-state index contributed by atoms with van der Waals surface area (Å²) in [6.45, 7) is 2.07. The van der Waals surface area contributed by atoms with Gasteiger partial charge in [0.2, 0.25) is 0 Å². The van der Waals surface area contributed by atoms with Gasteiger partial charge < -0.3 is 9.47 Å². The van der Waals surface area contributed by atoms with Gasteiger partial charge >= 0.3 is 11.9 Å². The van der Waals surface area contributed by atoms with Crippen LogP contribution in [0.2, 0.25) is 0 Å².